The van der Waals surface area contributed by atoms with Gasteiger partial charge in [0, 0.05) is 10.0 Å². The molecule has 0 saturated heterocycles. The first-order valence-electron chi connectivity index (χ1n) is 5.07. The third kappa shape index (κ3) is 3.56. The van der Waals surface area contributed by atoms with E-state index in [0.717, 1.165) is 15.6 Å². The van der Waals surface area contributed by atoms with Gasteiger partial charge in [0.25, 0.3) is 5.91 Å². The smallest absolute Gasteiger partial charge is 0.325 e. The lowest BCUT2D eigenvalue weighted by molar-refractivity contribution is -0.139. The Bertz CT molecular complexity index is 434. The minimum atomic E-state index is -0.469. The lowest BCUT2D eigenvalue weighted by Crippen LogP contribution is -2.30. The predicted octanol–water partition coefficient (Wildman–Crippen LogP) is 1.97. The number of aryl methyl sites for hydroxylation is 2. The third-order valence-corrected chi connectivity index (χ3v) is 3.57. The van der Waals surface area contributed by atoms with Gasteiger partial charge >= 0.3 is 5.97 Å². The maximum absolute atomic E-state index is 11.7. The maximum Gasteiger partial charge on any atom is 0.325 e. The van der Waals surface area contributed by atoms with Crippen molar-refractivity contribution in [2.45, 2.75) is 13.8 Å². The number of rotatable bonds is 3. The molecule has 1 rings (SSSR count). The number of amides is 1. The Hall–Kier alpha value is -1.36. The summed E-state index contributed by atoms with van der Waals surface area (Å²) in [4.78, 5) is 22.6. The molecule has 0 atom stereocenters. The van der Waals surface area contributed by atoms with Crippen molar-refractivity contribution in [1.29, 1.82) is 0 Å². The second kappa shape index (κ2) is 5.82. The summed E-state index contributed by atoms with van der Waals surface area (Å²) >= 11 is 3.43. The van der Waals surface area contributed by atoms with Crippen molar-refractivity contribution in [1.82, 2.24) is 5.32 Å². The van der Waals surface area contributed by atoms with Crippen LogP contribution in [0.2, 0.25) is 0 Å². The Morgan fingerprint density at radius 1 is 1.29 bits per heavy atom. The van der Waals surface area contributed by atoms with E-state index in [1.54, 1.807) is 12.1 Å². The number of nitrogens with one attached hydrogen (secondary N) is 1. The summed E-state index contributed by atoms with van der Waals surface area (Å²) in [5.74, 6) is -0.752. The van der Waals surface area contributed by atoms with Crippen LogP contribution in [0.15, 0.2) is 16.6 Å². The molecule has 4 nitrogen and oxygen atoms in total. The number of hydrogen-bond donors (Lipinski definition) is 1. The first-order chi connectivity index (χ1) is 7.95. The highest BCUT2D eigenvalue weighted by atomic mass is 79.9. The highest BCUT2D eigenvalue weighted by Crippen LogP contribution is 2.22. The number of esters is 1. The standard InChI is InChI=1S/C12H14BrNO3/c1-7-4-9(5-8(2)11(7)13)12(16)14-6-10(15)17-3/h4-5H,6H2,1-3H3,(H,14,16). The van der Waals surface area contributed by atoms with Gasteiger partial charge in [-0.05, 0) is 37.1 Å². The molecule has 0 aliphatic carbocycles. The number of halogens is 1. The number of methoxy groups -OCH3 is 1. The van der Waals surface area contributed by atoms with Gasteiger partial charge in [0.15, 0.2) is 0 Å². The summed E-state index contributed by atoms with van der Waals surface area (Å²) in [6.45, 7) is 3.70. The average molecular weight is 300 g/mol. The van der Waals surface area contributed by atoms with Crippen molar-refractivity contribution in [3.8, 4) is 0 Å². The van der Waals surface area contributed by atoms with Crippen molar-refractivity contribution in [3.05, 3.63) is 33.3 Å². The zero-order valence-corrected chi connectivity index (χ0v) is 11.6. The zero-order chi connectivity index (χ0) is 13.0. The summed E-state index contributed by atoms with van der Waals surface area (Å²) in [5, 5.41) is 2.49. The van der Waals surface area contributed by atoms with Gasteiger partial charge in [-0.2, -0.15) is 0 Å². The molecular weight excluding hydrogens is 286 g/mol. The molecule has 92 valence electrons. The minimum Gasteiger partial charge on any atom is -0.468 e. The molecule has 17 heavy (non-hydrogen) atoms. The van der Waals surface area contributed by atoms with Gasteiger partial charge in [-0.3, -0.25) is 9.59 Å². The molecule has 0 aromatic heterocycles. The number of hydrogen-bond acceptors (Lipinski definition) is 3. The van der Waals surface area contributed by atoms with Crippen molar-refractivity contribution in [2.24, 2.45) is 0 Å². The van der Waals surface area contributed by atoms with Gasteiger partial charge in [0.2, 0.25) is 0 Å². The van der Waals surface area contributed by atoms with Crippen LogP contribution in [0.5, 0.6) is 0 Å². The lowest BCUT2D eigenvalue weighted by Gasteiger charge is -2.08. The van der Waals surface area contributed by atoms with Crippen LogP contribution in [-0.2, 0) is 9.53 Å². The van der Waals surface area contributed by atoms with Gasteiger partial charge < -0.3 is 10.1 Å². The Labute approximate surface area is 108 Å². The Morgan fingerprint density at radius 2 is 1.82 bits per heavy atom. The van der Waals surface area contributed by atoms with E-state index in [4.69, 9.17) is 0 Å². The summed E-state index contributed by atoms with van der Waals surface area (Å²) in [6.07, 6.45) is 0. The molecule has 0 spiro atoms. The molecular formula is C12H14BrNO3. The van der Waals surface area contributed by atoms with E-state index < -0.39 is 5.97 Å². The van der Waals surface area contributed by atoms with Gasteiger partial charge in [0.05, 0.1) is 7.11 Å². The summed E-state index contributed by atoms with van der Waals surface area (Å²) in [6, 6.07) is 3.54. The van der Waals surface area contributed by atoms with E-state index in [1.807, 2.05) is 13.8 Å². The number of carbonyl (C=O) groups excluding carboxylic acids is 2. The van der Waals surface area contributed by atoms with Crippen LogP contribution in [-0.4, -0.2) is 25.5 Å². The molecule has 0 heterocycles. The third-order valence-electron chi connectivity index (χ3n) is 2.32. The Morgan fingerprint density at radius 3 is 2.29 bits per heavy atom. The fourth-order valence-electron chi connectivity index (χ4n) is 1.40. The van der Waals surface area contributed by atoms with E-state index in [2.05, 4.69) is 26.0 Å². The fourth-order valence-corrected chi connectivity index (χ4v) is 1.63. The molecule has 0 aliphatic rings. The normalized spacial score (nSPS) is 9.88. The fraction of sp³-hybridized carbons (Fsp3) is 0.333. The molecule has 0 bridgehead atoms. The van der Waals surface area contributed by atoms with E-state index in [1.165, 1.54) is 7.11 Å². The van der Waals surface area contributed by atoms with Crippen LogP contribution in [0.4, 0.5) is 0 Å². The summed E-state index contributed by atoms with van der Waals surface area (Å²) < 4.78 is 5.43. The van der Waals surface area contributed by atoms with Crippen LogP contribution in [0, 0.1) is 13.8 Å². The molecule has 1 N–H and O–H groups in total. The van der Waals surface area contributed by atoms with Gasteiger partial charge in [-0.25, -0.2) is 0 Å². The summed E-state index contributed by atoms with van der Waals surface area (Å²) in [7, 11) is 1.28. The highest BCUT2D eigenvalue weighted by Gasteiger charge is 2.10. The Balaban J connectivity index is 2.80. The average Bonchev–Trinajstić information content (AvgIpc) is 2.31. The van der Waals surface area contributed by atoms with Gasteiger partial charge in [0.1, 0.15) is 6.54 Å². The van der Waals surface area contributed by atoms with Crippen LogP contribution in [0.25, 0.3) is 0 Å². The quantitative estimate of drug-likeness (QED) is 0.868. The Kier molecular flexibility index (Phi) is 4.69. The second-order valence-electron chi connectivity index (χ2n) is 3.68. The highest BCUT2D eigenvalue weighted by molar-refractivity contribution is 9.10. The first-order valence-corrected chi connectivity index (χ1v) is 5.86. The number of ether oxygens (including phenoxy) is 1. The molecule has 0 saturated carbocycles. The maximum atomic E-state index is 11.7. The van der Waals surface area contributed by atoms with E-state index in [-0.39, 0.29) is 12.5 Å². The van der Waals surface area contributed by atoms with E-state index in [9.17, 15) is 9.59 Å². The monoisotopic (exact) mass is 299 g/mol. The van der Waals surface area contributed by atoms with Crippen LogP contribution >= 0.6 is 15.9 Å². The van der Waals surface area contributed by atoms with E-state index >= 15 is 0 Å². The molecule has 0 unspecified atom stereocenters. The minimum absolute atomic E-state index is 0.122. The zero-order valence-electron chi connectivity index (χ0n) is 9.96. The first kappa shape index (κ1) is 13.7. The molecule has 1 aromatic carbocycles. The molecule has 0 fully saturated rings. The largest absolute Gasteiger partial charge is 0.468 e. The molecule has 5 heteroatoms. The van der Waals surface area contributed by atoms with Gasteiger partial charge in [-0.1, -0.05) is 15.9 Å². The summed E-state index contributed by atoms with van der Waals surface area (Å²) in [5.41, 5.74) is 2.49. The van der Waals surface area contributed by atoms with Crippen LogP contribution in [0.3, 0.4) is 0 Å². The van der Waals surface area contributed by atoms with Crippen LogP contribution in [0.1, 0.15) is 21.5 Å². The van der Waals surface area contributed by atoms with Crippen molar-refractivity contribution < 1.29 is 14.3 Å². The molecule has 1 aromatic rings. The van der Waals surface area contributed by atoms with Crippen molar-refractivity contribution in [2.75, 3.05) is 13.7 Å². The molecule has 0 aliphatic heterocycles. The van der Waals surface area contributed by atoms with Gasteiger partial charge in [-0.15, -0.1) is 0 Å². The topological polar surface area (TPSA) is 55.4 Å². The molecule has 1 amide bonds. The molecule has 0 radical (unpaired) electrons. The number of benzene rings is 1. The predicted molar refractivity (Wildman–Crippen MR) is 68.0 cm³/mol. The lowest BCUT2D eigenvalue weighted by atomic mass is 10.1. The second-order valence-corrected chi connectivity index (χ2v) is 4.48. The SMILES string of the molecule is COC(=O)CNC(=O)c1cc(C)c(Br)c(C)c1. The number of carbonyl (C=O) groups is 2. The van der Waals surface area contributed by atoms with Crippen molar-refractivity contribution >= 4 is 27.8 Å². The van der Waals surface area contributed by atoms with E-state index in [0.29, 0.717) is 5.56 Å². The van der Waals surface area contributed by atoms with Crippen molar-refractivity contribution in [3.63, 3.8) is 0 Å². The van der Waals surface area contributed by atoms with Crippen LogP contribution < -0.4 is 5.32 Å².